The van der Waals surface area contributed by atoms with Crippen molar-refractivity contribution < 1.29 is 19.3 Å². The Morgan fingerprint density at radius 1 is 1.15 bits per heavy atom. The van der Waals surface area contributed by atoms with Gasteiger partial charge in [-0.2, -0.15) is 0 Å². The molecule has 0 fully saturated rings. The van der Waals surface area contributed by atoms with Crippen LogP contribution >= 0.6 is 0 Å². The summed E-state index contributed by atoms with van der Waals surface area (Å²) in [6.07, 6.45) is 0.0330. The summed E-state index contributed by atoms with van der Waals surface area (Å²) < 4.78 is 0. The van der Waals surface area contributed by atoms with Crippen LogP contribution in [0.3, 0.4) is 0 Å². The Balaban J connectivity index is 2.01. The minimum atomic E-state index is -1.11. The summed E-state index contributed by atoms with van der Waals surface area (Å²) in [6, 6.07) is 11.7. The van der Waals surface area contributed by atoms with Crippen molar-refractivity contribution in [1.29, 1.82) is 0 Å². The molecule has 8 heteroatoms. The molecule has 3 rings (SSSR count). The van der Waals surface area contributed by atoms with Crippen molar-refractivity contribution in [3.63, 3.8) is 0 Å². The number of nitro groups is 1. The van der Waals surface area contributed by atoms with Crippen molar-refractivity contribution in [1.82, 2.24) is 5.32 Å². The number of nitrogens with zero attached hydrogens (tertiary/aromatic N) is 1. The number of nitro benzene ring substituents is 1. The number of imide groups is 1. The Bertz CT molecular complexity index is 967. The number of nitrogens with one attached hydrogen (secondary N) is 2. The predicted molar refractivity (Wildman–Crippen MR) is 97.4 cm³/mol. The lowest BCUT2D eigenvalue weighted by molar-refractivity contribution is -0.384. The molecular weight excluding hydrogens is 350 g/mol. The van der Waals surface area contributed by atoms with E-state index in [4.69, 9.17) is 0 Å². The maximum Gasteiger partial charge on any atom is 0.305 e. The maximum absolute atomic E-state index is 12.3. The van der Waals surface area contributed by atoms with Crippen LogP contribution in [-0.2, 0) is 21.4 Å². The van der Waals surface area contributed by atoms with Crippen LogP contribution in [0, 0.1) is 10.1 Å². The zero-order valence-corrected chi connectivity index (χ0v) is 14.7. The highest BCUT2D eigenvalue weighted by Crippen LogP contribution is 2.39. The van der Waals surface area contributed by atoms with Gasteiger partial charge in [-0.25, -0.2) is 0 Å². The van der Waals surface area contributed by atoms with Gasteiger partial charge in [0.1, 0.15) is 11.3 Å². The van der Waals surface area contributed by atoms with Crippen LogP contribution in [-0.4, -0.2) is 22.6 Å². The Labute approximate surface area is 154 Å². The third kappa shape index (κ3) is 3.29. The zero-order valence-electron chi connectivity index (χ0n) is 14.7. The molecule has 0 bridgehead atoms. The normalized spacial score (nSPS) is 14.9. The van der Waals surface area contributed by atoms with Crippen molar-refractivity contribution >= 4 is 29.1 Å². The van der Waals surface area contributed by atoms with Gasteiger partial charge in [-0.1, -0.05) is 36.4 Å². The molecule has 2 aromatic carbocycles. The molecule has 0 aromatic heterocycles. The number of benzene rings is 2. The second-order valence-corrected chi connectivity index (χ2v) is 6.76. The first-order chi connectivity index (χ1) is 12.7. The summed E-state index contributed by atoms with van der Waals surface area (Å²) >= 11 is 0. The first-order valence-corrected chi connectivity index (χ1v) is 8.23. The number of hydrogen-bond donors (Lipinski definition) is 2. The number of carbonyl (C=O) groups is 3. The van der Waals surface area contributed by atoms with E-state index in [1.54, 1.807) is 38.1 Å². The lowest BCUT2D eigenvalue weighted by Gasteiger charge is -2.30. The fraction of sp³-hybridized carbons (Fsp3) is 0.211. The van der Waals surface area contributed by atoms with Crippen LogP contribution in [0.2, 0.25) is 0 Å². The third-order valence-electron chi connectivity index (χ3n) is 4.54. The van der Waals surface area contributed by atoms with Crippen LogP contribution in [0.5, 0.6) is 0 Å². The van der Waals surface area contributed by atoms with Gasteiger partial charge in [0, 0.05) is 0 Å². The molecule has 2 aromatic rings. The third-order valence-corrected chi connectivity index (χ3v) is 4.54. The van der Waals surface area contributed by atoms with E-state index < -0.39 is 33.7 Å². The molecule has 138 valence electrons. The van der Waals surface area contributed by atoms with Gasteiger partial charge in [-0.3, -0.25) is 29.8 Å². The number of rotatable bonds is 4. The summed E-state index contributed by atoms with van der Waals surface area (Å²) in [4.78, 5) is 47.6. The second-order valence-electron chi connectivity index (χ2n) is 6.76. The Kier molecular flexibility index (Phi) is 4.49. The van der Waals surface area contributed by atoms with Crippen LogP contribution in [0.4, 0.5) is 11.4 Å². The van der Waals surface area contributed by atoms with Gasteiger partial charge in [0.2, 0.25) is 11.8 Å². The summed E-state index contributed by atoms with van der Waals surface area (Å²) in [7, 11) is 0. The number of fused-ring (bicyclic) bond motifs is 1. The summed E-state index contributed by atoms with van der Waals surface area (Å²) in [5, 5.41) is 16.3. The molecule has 8 nitrogen and oxygen atoms in total. The highest BCUT2D eigenvalue weighted by atomic mass is 16.6. The quantitative estimate of drug-likeness (QED) is 0.488. The van der Waals surface area contributed by atoms with Gasteiger partial charge in [0.25, 0.3) is 5.91 Å². The fourth-order valence-corrected chi connectivity index (χ4v) is 3.05. The van der Waals surface area contributed by atoms with Crippen molar-refractivity contribution in [3.05, 3.63) is 69.3 Å². The smallest absolute Gasteiger partial charge is 0.305 e. The molecule has 0 saturated heterocycles. The van der Waals surface area contributed by atoms with Gasteiger partial charge >= 0.3 is 5.69 Å². The maximum atomic E-state index is 12.3. The van der Waals surface area contributed by atoms with Crippen molar-refractivity contribution in [3.8, 4) is 0 Å². The molecule has 0 spiro atoms. The average Bonchev–Trinajstić information content (AvgIpc) is 2.60. The molecule has 3 amide bonds. The molecule has 0 atom stereocenters. The van der Waals surface area contributed by atoms with E-state index in [0.29, 0.717) is 0 Å². The lowest BCUT2D eigenvalue weighted by atomic mass is 9.77. The molecule has 1 aliphatic heterocycles. The SMILES string of the molecule is CC1(C)C(=O)NC(=O)c2c1ccc(NC(=O)Cc1ccccc1)c2[N+](=O)[O-]. The zero-order chi connectivity index (χ0) is 19.8. The molecule has 27 heavy (non-hydrogen) atoms. The van der Waals surface area contributed by atoms with E-state index in [2.05, 4.69) is 10.6 Å². The summed E-state index contributed by atoms with van der Waals surface area (Å²) in [5.74, 6) is -1.83. The molecular formula is C19H17N3O5. The number of anilines is 1. The number of carbonyl (C=O) groups excluding carboxylic acids is 3. The van der Waals surface area contributed by atoms with Gasteiger partial charge in [0.05, 0.1) is 16.8 Å². The molecule has 0 radical (unpaired) electrons. The molecule has 1 heterocycles. The second kappa shape index (κ2) is 6.64. The average molecular weight is 367 g/mol. The predicted octanol–water partition coefficient (Wildman–Crippen LogP) is 2.32. The van der Waals surface area contributed by atoms with Crippen LogP contribution in [0.15, 0.2) is 42.5 Å². The highest BCUT2D eigenvalue weighted by molar-refractivity contribution is 6.16. The molecule has 0 unspecified atom stereocenters. The van der Waals surface area contributed by atoms with Crippen molar-refractivity contribution in [2.45, 2.75) is 25.7 Å². The monoisotopic (exact) mass is 367 g/mol. The molecule has 0 saturated carbocycles. The first-order valence-electron chi connectivity index (χ1n) is 8.23. The lowest BCUT2D eigenvalue weighted by Crippen LogP contribution is -2.49. The first kappa shape index (κ1) is 18.2. The van der Waals surface area contributed by atoms with Crippen LogP contribution in [0.25, 0.3) is 0 Å². The molecule has 2 N–H and O–H groups in total. The Morgan fingerprint density at radius 2 is 1.81 bits per heavy atom. The van der Waals surface area contributed by atoms with Gasteiger partial charge in [0.15, 0.2) is 0 Å². The Morgan fingerprint density at radius 3 is 2.44 bits per heavy atom. The van der Waals surface area contributed by atoms with Gasteiger partial charge in [-0.15, -0.1) is 0 Å². The van der Waals surface area contributed by atoms with E-state index in [0.717, 1.165) is 5.56 Å². The molecule has 1 aliphatic rings. The van der Waals surface area contributed by atoms with E-state index in [1.807, 2.05) is 6.07 Å². The topological polar surface area (TPSA) is 118 Å². The van der Waals surface area contributed by atoms with Crippen molar-refractivity contribution in [2.75, 3.05) is 5.32 Å². The van der Waals surface area contributed by atoms with E-state index in [-0.39, 0.29) is 23.2 Å². The van der Waals surface area contributed by atoms with Crippen LogP contribution in [0.1, 0.15) is 35.3 Å². The highest BCUT2D eigenvalue weighted by Gasteiger charge is 2.44. The minimum absolute atomic E-state index is 0.0330. The van der Waals surface area contributed by atoms with E-state index in [9.17, 15) is 24.5 Å². The standard InChI is InChI=1S/C19H17N3O5/c1-19(2)12-8-9-13(20-14(23)10-11-6-4-3-5-7-11)16(22(26)27)15(12)17(24)21-18(19)25/h3-9H,10H2,1-2H3,(H,20,23)(H,21,24,25). The largest absolute Gasteiger partial charge is 0.320 e. The number of amides is 3. The fourth-order valence-electron chi connectivity index (χ4n) is 3.05. The van der Waals surface area contributed by atoms with E-state index >= 15 is 0 Å². The Hall–Kier alpha value is -3.55. The van der Waals surface area contributed by atoms with Crippen molar-refractivity contribution in [2.24, 2.45) is 0 Å². The van der Waals surface area contributed by atoms with Gasteiger partial charge in [-0.05, 0) is 31.0 Å². The number of hydrogen-bond acceptors (Lipinski definition) is 5. The summed E-state index contributed by atoms with van der Waals surface area (Å²) in [5.41, 5.74) is -0.918. The summed E-state index contributed by atoms with van der Waals surface area (Å²) in [6.45, 7) is 3.15. The van der Waals surface area contributed by atoms with E-state index in [1.165, 1.54) is 12.1 Å². The van der Waals surface area contributed by atoms with Crippen LogP contribution < -0.4 is 10.6 Å². The molecule has 0 aliphatic carbocycles. The minimum Gasteiger partial charge on any atom is -0.320 e. The van der Waals surface area contributed by atoms with Gasteiger partial charge < -0.3 is 5.32 Å².